The van der Waals surface area contributed by atoms with E-state index in [1.807, 2.05) is 0 Å². The Bertz CT molecular complexity index is 348. The van der Waals surface area contributed by atoms with Gasteiger partial charge in [0.1, 0.15) is 6.61 Å². The van der Waals surface area contributed by atoms with Crippen LogP contribution < -0.4 is 0 Å². The van der Waals surface area contributed by atoms with E-state index in [4.69, 9.17) is 9.47 Å². The summed E-state index contributed by atoms with van der Waals surface area (Å²) in [6.45, 7) is 7.85. The van der Waals surface area contributed by atoms with Crippen LogP contribution in [0.15, 0.2) is 12.2 Å². The third-order valence-corrected chi connectivity index (χ3v) is 2.10. The van der Waals surface area contributed by atoms with Gasteiger partial charge in [0, 0.05) is 5.57 Å². The van der Waals surface area contributed by atoms with E-state index in [-0.39, 0.29) is 12.2 Å². The van der Waals surface area contributed by atoms with Crippen LogP contribution >= 0.6 is 0 Å². The van der Waals surface area contributed by atoms with E-state index in [1.54, 1.807) is 13.8 Å². The molecule has 2 unspecified atom stereocenters. The molecule has 1 aliphatic rings. The molecule has 0 aromatic heterocycles. The fraction of sp³-hybridized carbons (Fsp3) is 0.636. The summed E-state index contributed by atoms with van der Waals surface area (Å²) < 4.78 is 14.8. The molecule has 0 bridgehead atoms. The summed E-state index contributed by atoms with van der Waals surface area (Å²) in [5.74, 6) is -3.80. The van der Waals surface area contributed by atoms with Crippen LogP contribution in [0.3, 0.4) is 0 Å². The zero-order valence-corrected chi connectivity index (χ0v) is 10.1. The first-order valence-electron chi connectivity index (χ1n) is 5.21. The van der Waals surface area contributed by atoms with Crippen molar-refractivity contribution in [1.29, 1.82) is 0 Å². The third kappa shape index (κ3) is 2.65. The predicted molar refractivity (Wildman–Crippen MR) is 56.8 cm³/mol. The molecule has 1 fully saturated rings. The second kappa shape index (κ2) is 4.85. The van der Waals surface area contributed by atoms with Gasteiger partial charge in [-0.05, 0) is 20.8 Å². The van der Waals surface area contributed by atoms with Crippen LogP contribution in [0.4, 0.5) is 0 Å². The highest BCUT2D eigenvalue weighted by molar-refractivity contribution is 5.91. The second-order valence-corrected chi connectivity index (χ2v) is 4.12. The van der Waals surface area contributed by atoms with Crippen LogP contribution in [0, 0.1) is 0 Å². The van der Waals surface area contributed by atoms with Crippen molar-refractivity contribution in [3.05, 3.63) is 12.2 Å². The lowest BCUT2D eigenvalue weighted by Crippen LogP contribution is -2.52. The van der Waals surface area contributed by atoms with E-state index in [0.717, 1.165) is 0 Å². The van der Waals surface area contributed by atoms with Gasteiger partial charge >= 0.3 is 17.7 Å². The summed E-state index contributed by atoms with van der Waals surface area (Å²) >= 11 is 0. The van der Waals surface area contributed by atoms with Gasteiger partial charge in [-0.15, -0.1) is 0 Å². The number of esters is 2. The van der Waals surface area contributed by atoms with Crippen LogP contribution in [0.2, 0.25) is 0 Å². The maximum absolute atomic E-state index is 11.6. The molecule has 1 aliphatic heterocycles. The van der Waals surface area contributed by atoms with Crippen LogP contribution in [-0.4, -0.2) is 41.6 Å². The molecule has 0 aliphatic carbocycles. The minimum atomic E-state index is -2.08. The Morgan fingerprint density at radius 1 is 1.65 bits per heavy atom. The molecule has 0 spiro atoms. The van der Waals surface area contributed by atoms with Gasteiger partial charge in [-0.1, -0.05) is 6.58 Å². The van der Waals surface area contributed by atoms with Crippen LogP contribution in [0.25, 0.3) is 0 Å². The Morgan fingerprint density at radius 3 is 2.59 bits per heavy atom. The standard InChI is InChI=1S/C11H16O6/c1-6(2)9(13)17-11(16-7(3)4)8(12)5-15-10(11)14/h7-8,12H,1,5H2,2-4H3. The molecular weight excluding hydrogens is 228 g/mol. The summed E-state index contributed by atoms with van der Waals surface area (Å²) in [4.78, 5) is 23.0. The Balaban J connectivity index is 2.97. The van der Waals surface area contributed by atoms with Gasteiger partial charge in [-0.2, -0.15) is 0 Å². The third-order valence-electron chi connectivity index (χ3n) is 2.10. The van der Waals surface area contributed by atoms with Gasteiger partial charge in [-0.3, -0.25) is 0 Å². The number of aliphatic hydroxyl groups is 1. The van der Waals surface area contributed by atoms with Crippen LogP contribution in [-0.2, 0) is 23.8 Å². The minimum Gasteiger partial charge on any atom is -0.458 e. The van der Waals surface area contributed by atoms with Crippen molar-refractivity contribution < 1.29 is 28.9 Å². The molecule has 1 heterocycles. The lowest BCUT2D eigenvalue weighted by molar-refractivity contribution is -0.258. The van der Waals surface area contributed by atoms with Gasteiger partial charge in [-0.25, -0.2) is 9.59 Å². The summed E-state index contributed by atoms with van der Waals surface area (Å²) in [5.41, 5.74) is 0.101. The smallest absolute Gasteiger partial charge is 0.383 e. The van der Waals surface area contributed by atoms with Crippen LogP contribution in [0.5, 0.6) is 0 Å². The van der Waals surface area contributed by atoms with Crippen molar-refractivity contribution in [3.63, 3.8) is 0 Å². The quantitative estimate of drug-likeness (QED) is 0.430. The molecule has 1 rings (SSSR count). The van der Waals surface area contributed by atoms with Gasteiger partial charge in [0.25, 0.3) is 0 Å². The molecule has 0 aromatic rings. The molecular formula is C11H16O6. The average molecular weight is 244 g/mol. The Morgan fingerprint density at radius 2 is 2.24 bits per heavy atom. The van der Waals surface area contributed by atoms with Gasteiger partial charge < -0.3 is 19.3 Å². The van der Waals surface area contributed by atoms with E-state index in [1.165, 1.54) is 6.92 Å². The first-order chi connectivity index (χ1) is 7.79. The molecule has 2 atom stereocenters. The Hall–Kier alpha value is -1.40. The van der Waals surface area contributed by atoms with Crippen molar-refractivity contribution in [2.45, 2.75) is 38.8 Å². The lowest BCUT2D eigenvalue weighted by Gasteiger charge is -2.29. The normalized spacial score (nSPS) is 28.1. The molecule has 17 heavy (non-hydrogen) atoms. The molecule has 6 heteroatoms. The first-order valence-corrected chi connectivity index (χ1v) is 5.21. The van der Waals surface area contributed by atoms with E-state index < -0.39 is 29.9 Å². The minimum absolute atomic E-state index is 0.101. The number of carbonyl (C=O) groups is 2. The lowest BCUT2D eigenvalue weighted by atomic mass is 10.1. The highest BCUT2D eigenvalue weighted by Crippen LogP contribution is 2.29. The van der Waals surface area contributed by atoms with E-state index in [9.17, 15) is 14.7 Å². The van der Waals surface area contributed by atoms with Crippen molar-refractivity contribution in [3.8, 4) is 0 Å². The molecule has 96 valence electrons. The van der Waals surface area contributed by atoms with Crippen molar-refractivity contribution in [1.82, 2.24) is 0 Å². The molecule has 1 saturated heterocycles. The summed E-state index contributed by atoms with van der Waals surface area (Å²) in [7, 11) is 0. The maximum Gasteiger partial charge on any atom is 0.383 e. The van der Waals surface area contributed by atoms with E-state index >= 15 is 0 Å². The topological polar surface area (TPSA) is 82.1 Å². The van der Waals surface area contributed by atoms with Gasteiger partial charge in [0.15, 0.2) is 6.10 Å². The fourth-order valence-corrected chi connectivity index (χ4v) is 1.34. The van der Waals surface area contributed by atoms with Gasteiger partial charge in [0.05, 0.1) is 6.10 Å². The SMILES string of the molecule is C=C(C)C(=O)OC1(OC(C)C)C(=O)OCC1O. The number of carbonyl (C=O) groups excluding carboxylic acids is 2. The number of hydrogen-bond donors (Lipinski definition) is 1. The van der Waals surface area contributed by atoms with E-state index in [2.05, 4.69) is 11.3 Å². The number of aliphatic hydroxyl groups excluding tert-OH is 1. The monoisotopic (exact) mass is 244 g/mol. The molecule has 0 saturated carbocycles. The van der Waals surface area contributed by atoms with Crippen LogP contribution in [0.1, 0.15) is 20.8 Å². The molecule has 0 amide bonds. The summed E-state index contributed by atoms with van der Waals surface area (Å²) in [6.07, 6.45) is -1.77. The Kier molecular flexibility index (Phi) is 3.90. The van der Waals surface area contributed by atoms with Crippen molar-refractivity contribution in [2.24, 2.45) is 0 Å². The number of ether oxygens (including phenoxy) is 3. The second-order valence-electron chi connectivity index (χ2n) is 4.12. The first kappa shape index (κ1) is 13.7. The predicted octanol–water partition coefficient (Wildman–Crippen LogP) is 0.145. The maximum atomic E-state index is 11.6. The van der Waals surface area contributed by atoms with Crippen molar-refractivity contribution >= 4 is 11.9 Å². The average Bonchev–Trinajstić information content (AvgIpc) is 2.45. The largest absolute Gasteiger partial charge is 0.458 e. The number of rotatable bonds is 4. The highest BCUT2D eigenvalue weighted by atomic mass is 16.8. The number of hydrogen-bond acceptors (Lipinski definition) is 6. The summed E-state index contributed by atoms with van der Waals surface area (Å²) in [6, 6.07) is 0. The van der Waals surface area contributed by atoms with Gasteiger partial charge in [0.2, 0.25) is 0 Å². The van der Waals surface area contributed by atoms with E-state index in [0.29, 0.717) is 0 Å². The molecule has 0 aromatic carbocycles. The zero-order chi connectivity index (χ0) is 13.2. The number of cyclic esters (lactones) is 1. The Labute approximate surface area is 99.2 Å². The highest BCUT2D eigenvalue weighted by Gasteiger charge is 2.58. The molecule has 6 nitrogen and oxygen atoms in total. The fourth-order valence-electron chi connectivity index (χ4n) is 1.34. The summed E-state index contributed by atoms with van der Waals surface area (Å²) in [5, 5.41) is 9.71. The molecule has 1 N–H and O–H groups in total. The van der Waals surface area contributed by atoms with Crippen molar-refractivity contribution in [2.75, 3.05) is 6.61 Å². The zero-order valence-electron chi connectivity index (χ0n) is 10.1. The molecule has 0 radical (unpaired) electrons.